The van der Waals surface area contributed by atoms with E-state index in [4.69, 9.17) is 0 Å². The maximum Gasteiger partial charge on any atom is 0.272 e. The molecule has 5 heteroatoms. The SMILES string of the molecule is CCn1c(C(=O)Nc2ccc(F)c(F)c2)c(C)c2ccccc21. The molecule has 0 unspecified atom stereocenters. The molecular weight excluding hydrogens is 298 g/mol. The normalized spacial score (nSPS) is 11.0. The van der Waals surface area contributed by atoms with Gasteiger partial charge in [0.1, 0.15) is 5.69 Å². The van der Waals surface area contributed by atoms with E-state index in [1.807, 2.05) is 42.7 Å². The summed E-state index contributed by atoms with van der Waals surface area (Å²) in [6, 6.07) is 11.1. The summed E-state index contributed by atoms with van der Waals surface area (Å²) in [5.41, 5.74) is 2.59. The highest BCUT2D eigenvalue weighted by molar-refractivity contribution is 6.08. The maximum atomic E-state index is 13.3. The highest BCUT2D eigenvalue weighted by atomic mass is 19.2. The molecule has 0 spiro atoms. The van der Waals surface area contributed by atoms with Crippen molar-refractivity contribution < 1.29 is 13.6 Å². The zero-order valence-corrected chi connectivity index (χ0v) is 12.9. The van der Waals surface area contributed by atoms with Crippen molar-refractivity contribution in [1.82, 2.24) is 4.57 Å². The summed E-state index contributed by atoms with van der Waals surface area (Å²) in [5, 5.41) is 3.64. The van der Waals surface area contributed by atoms with Gasteiger partial charge in [-0.2, -0.15) is 0 Å². The summed E-state index contributed by atoms with van der Waals surface area (Å²) < 4.78 is 28.2. The Morgan fingerprint density at radius 3 is 2.57 bits per heavy atom. The third-order valence-corrected chi connectivity index (χ3v) is 3.93. The van der Waals surface area contributed by atoms with Crippen molar-refractivity contribution in [3.05, 3.63) is 65.4 Å². The minimum atomic E-state index is -0.990. The Kier molecular flexibility index (Phi) is 3.86. The largest absolute Gasteiger partial charge is 0.337 e. The number of fused-ring (bicyclic) bond motifs is 1. The van der Waals surface area contributed by atoms with Crippen LogP contribution < -0.4 is 5.32 Å². The highest BCUT2D eigenvalue weighted by Gasteiger charge is 2.19. The molecule has 118 valence electrons. The minimum absolute atomic E-state index is 0.223. The van der Waals surface area contributed by atoms with Gasteiger partial charge in [-0.25, -0.2) is 8.78 Å². The lowest BCUT2D eigenvalue weighted by Crippen LogP contribution is -2.18. The van der Waals surface area contributed by atoms with E-state index in [1.165, 1.54) is 6.07 Å². The van der Waals surface area contributed by atoms with E-state index in [2.05, 4.69) is 5.32 Å². The zero-order chi connectivity index (χ0) is 16.6. The van der Waals surface area contributed by atoms with Gasteiger partial charge in [-0.1, -0.05) is 18.2 Å². The number of rotatable bonds is 3. The fourth-order valence-corrected chi connectivity index (χ4v) is 2.86. The number of aryl methyl sites for hydroxylation is 2. The van der Waals surface area contributed by atoms with Crippen molar-refractivity contribution in [2.75, 3.05) is 5.32 Å². The van der Waals surface area contributed by atoms with Crippen LogP contribution in [0.4, 0.5) is 14.5 Å². The summed E-state index contributed by atoms with van der Waals surface area (Å²) in [7, 11) is 0. The van der Waals surface area contributed by atoms with Crippen LogP contribution in [0.2, 0.25) is 0 Å². The molecule has 3 aromatic rings. The molecule has 3 nitrogen and oxygen atoms in total. The lowest BCUT2D eigenvalue weighted by Gasteiger charge is -2.10. The smallest absolute Gasteiger partial charge is 0.272 e. The first-order valence-electron chi connectivity index (χ1n) is 7.37. The van der Waals surface area contributed by atoms with Crippen molar-refractivity contribution in [1.29, 1.82) is 0 Å². The second-order valence-corrected chi connectivity index (χ2v) is 5.32. The van der Waals surface area contributed by atoms with Gasteiger partial charge in [0.25, 0.3) is 5.91 Å². The first kappa shape index (κ1) is 15.2. The van der Waals surface area contributed by atoms with Crippen LogP contribution in [0.15, 0.2) is 42.5 Å². The van der Waals surface area contributed by atoms with Crippen molar-refractivity contribution in [2.45, 2.75) is 20.4 Å². The van der Waals surface area contributed by atoms with Gasteiger partial charge in [-0.05, 0) is 37.6 Å². The Bertz CT molecular complexity index is 899. The number of carbonyl (C=O) groups is 1. The second-order valence-electron chi connectivity index (χ2n) is 5.32. The summed E-state index contributed by atoms with van der Waals surface area (Å²) in [6.45, 7) is 4.48. The molecule has 0 saturated heterocycles. The quantitative estimate of drug-likeness (QED) is 0.759. The molecule has 0 aliphatic rings. The lowest BCUT2D eigenvalue weighted by atomic mass is 10.1. The van der Waals surface area contributed by atoms with Crippen LogP contribution in [-0.2, 0) is 6.54 Å². The third kappa shape index (κ3) is 2.59. The monoisotopic (exact) mass is 314 g/mol. The Morgan fingerprint density at radius 1 is 1.13 bits per heavy atom. The van der Waals surface area contributed by atoms with E-state index >= 15 is 0 Å². The summed E-state index contributed by atoms with van der Waals surface area (Å²) >= 11 is 0. The molecule has 0 fully saturated rings. The fraction of sp³-hybridized carbons (Fsp3) is 0.167. The standard InChI is InChI=1S/C18H16F2N2O/c1-3-22-16-7-5-4-6-13(16)11(2)17(22)18(23)21-12-8-9-14(19)15(20)10-12/h4-10H,3H2,1-2H3,(H,21,23). The van der Waals surface area contributed by atoms with E-state index < -0.39 is 11.6 Å². The van der Waals surface area contributed by atoms with Gasteiger partial charge in [-0.15, -0.1) is 0 Å². The van der Waals surface area contributed by atoms with E-state index in [0.29, 0.717) is 12.2 Å². The Balaban J connectivity index is 2.03. The number of anilines is 1. The van der Waals surface area contributed by atoms with Crippen molar-refractivity contribution in [2.24, 2.45) is 0 Å². The van der Waals surface area contributed by atoms with Gasteiger partial charge in [0.05, 0.1) is 0 Å². The third-order valence-electron chi connectivity index (χ3n) is 3.93. The number of halogens is 2. The van der Waals surface area contributed by atoms with E-state index in [0.717, 1.165) is 28.6 Å². The fourth-order valence-electron chi connectivity index (χ4n) is 2.86. The molecule has 0 aliphatic carbocycles. The molecule has 3 rings (SSSR count). The average molecular weight is 314 g/mol. The van der Waals surface area contributed by atoms with Crippen LogP contribution in [-0.4, -0.2) is 10.5 Å². The van der Waals surface area contributed by atoms with Gasteiger partial charge in [0.15, 0.2) is 11.6 Å². The first-order valence-corrected chi connectivity index (χ1v) is 7.37. The number of hydrogen-bond donors (Lipinski definition) is 1. The molecule has 0 aliphatic heterocycles. The minimum Gasteiger partial charge on any atom is -0.337 e. The van der Waals surface area contributed by atoms with Gasteiger partial charge < -0.3 is 9.88 Å². The van der Waals surface area contributed by atoms with Crippen LogP contribution in [0.25, 0.3) is 10.9 Å². The molecule has 23 heavy (non-hydrogen) atoms. The van der Waals surface area contributed by atoms with E-state index in [1.54, 1.807) is 0 Å². The number of nitrogens with one attached hydrogen (secondary N) is 1. The van der Waals surface area contributed by atoms with Crippen LogP contribution in [0.1, 0.15) is 23.0 Å². The molecule has 0 saturated carbocycles. The second kappa shape index (κ2) is 5.83. The zero-order valence-electron chi connectivity index (χ0n) is 12.9. The van der Waals surface area contributed by atoms with E-state index in [9.17, 15) is 13.6 Å². The van der Waals surface area contributed by atoms with Gasteiger partial charge in [0, 0.05) is 29.2 Å². The van der Waals surface area contributed by atoms with Crippen molar-refractivity contribution in [3.63, 3.8) is 0 Å². The molecule has 1 heterocycles. The number of benzene rings is 2. The molecule has 0 radical (unpaired) electrons. The molecular formula is C18H16F2N2O. The molecule has 1 N–H and O–H groups in total. The van der Waals surface area contributed by atoms with Gasteiger partial charge in [-0.3, -0.25) is 4.79 Å². The van der Waals surface area contributed by atoms with Crippen LogP contribution >= 0.6 is 0 Å². The first-order chi connectivity index (χ1) is 11.0. The van der Waals surface area contributed by atoms with Crippen LogP contribution in [0.3, 0.4) is 0 Å². The predicted molar refractivity (Wildman–Crippen MR) is 86.7 cm³/mol. The van der Waals surface area contributed by atoms with Gasteiger partial charge in [0.2, 0.25) is 0 Å². The highest BCUT2D eigenvalue weighted by Crippen LogP contribution is 2.26. The average Bonchev–Trinajstić information content (AvgIpc) is 2.83. The lowest BCUT2D eigenvalue weighted by molar-refractivity contribution is 0.101. The number of amides is 1. The Labute approximate surface area is 132 Å². The number of carbonyl (C=O) groups excluding carboxylic acids is 1. The topological polar surface area (TPSA) is 34.0 Å². The number of hydrogen-bond acceptors (Lipinski definition) is 1. The van der Waals surface area contributed by atoms with Crippen LogP contribution in [0, 0.1) is 18.6 Å². The summed E-state index contributed by atoms with van der Waals surface area (Å²) in [4.78, 5) is 12.6. The summed E-state index contributed by atoms with van der Waals surface area (Å²) in [5.74, 6) is -2.27. The van der Waals surface area contributed by atoms with Gasteiger partial charge >= 0.3 is 0 Å². The molecule has 0 atom stereocenters. The molecule has 2 aromatic carbocycles. The molecule has 1 aromatic heterocycles. The van der Waals surface area contributed by atoms with Crippen LogP contribution in [0.5, 0.6) is 0 Å². The Morgan fingerprint density at radius 2 is 1.87 bits per heavy atom. The summed E-state index contributed by atoms with van der Waals surface area (Å²) in [6.07, 6.45) is 0. The number of aromatic nitrogens is 1. The number of para-hydroxylation sites is 1. The molecule has 0 bridgehead atoms. The molecule has 1 amide bonds. The maximum absolute atomic E-state index is 13.3. The van der Waals surface area contributed by atoms with Crippen molar-refractivity contribution >= 4 is 22.5 Å². The number of nitrogens with zero attached hydrogens (tertiary/aromatic N) is 1. The Hall–Kier alpha value is -2.69. The predicted octanol–water partition coefficient (Wildman–Crippen LogP) is 4.50. The van der Waals surface area contributed by atoms with Crippen molar-refractivity contribution in [3.8, 4) is 0 Å². The van der Waals surface area contributed by atoms with E-state index in [-0.39, 0.29) is 11.6 Å².